The van der Waals surface area contributed by atoms with Gasteiger partial charge < -0.3 is 103 Å². The number of carboxylic acids is 1. The van der Waals surface area contributed by atoms with Crippen LogP contribution in [-0.4, -0.2) is 223 Å². The molecule has 2 radical (unpaired) electrons. The number of hydrogen-bond donors (Lipinski definition) is 15. The summed E-state index contributed by atoms with van der Waals surface area (Å²) in [5, 5.41) is 77.0. The number of alkyl carbamates (subject to hydrolysis) is 3. The van der Waals surface area contributed by atoms with Gasteiger partial charge in [0.25, 0.3) is 5.91 Å². The number of carboxylic acid groups (broad SMARTS) is 1. The first kappa shape index (κ1) is 130. The van der Waals surface area contributed by atoms with E-state index in [1.165, 1.54) is 0 Å². The van der Waals surface area contributed by atoms with Crippen LogP contribution in [0.25, 0.3) is 0 Å². The first-order chi connectivity index (χ1) is 64.1. The molecule has 137 heavy (non-hydrogen) atoms. The summed E-state index contributed by atoms with van der Waals surface area (Å²) in [4.78, 5) is 168. The van der Waals surface area contributed by atoms with Crippen molar-refractivity contribution in [3.8, 4) is 0 Å². The molecule has 5 aliphatic rings. The molecule has 772 valence electrons. The number of ether oxygens (including phenoxy) is 5. The molecular weight excluding hydrogens is 2010 g/mol. The van der Waals surface area contributed by atoms with Gasteiger partial charge in [0.15, 0.2) is 11.6 Å². The first-order valence-electron chi connectivity index (χ1n) is 47.8. The van der Waals surface area contributed by atoms with E-state index in [9.17, 15) is 87.5 Å². The van der Waals surface area contributed by atoms with Gasteiger partial charge >= 0.3 is 36.2 Å². The van der Waals surface area contributed by atoms with Crippen molar-refractivity contribution in [3.05, 3.63) is 120 Å². The van der Waals surface area contributed by atoms with E-state index >= 15 is 0 Å². The van der Waals surface area contributed by atoms with Gasteiger partial charge in [0.1, 0.15) is 61.5 Å². The summed E-state index contributed by atoms with van der Waals surface area (Å²) >= 11 is 0. The Kier molecular flexibility index (Phi) is 71.4. The zero-order chi connectivity index (χ0) is 101. The zero-order valence-electron chi connectivity index (χ0n) is 83.2. The van der Waals surface area contributed by atoms with Gasteiger partial charge in [0.05, 0.1) is 24.9 Å². The third-order valence-corrected chi connectivity index (χ3v) is 22.0. The van der Waals surface area contributed by atoms with Crippen LogP contribution in [0.1, 0.15) is 281 Å². The number of aliphatic carboxylic acids is 1. The summed E-state index contributed by atoms with van der Waals surface area (Å²) in [5.41, 5.74) is 7.10. The van der Waals surface area contributed by atoms with E-state index in [1.54, 1.807) is 55.4 Å². The third kappa shape index (κ3) is 60.0. The molecule has 34 nitrogen and oxygen atoms in total. The number of benzene rings is 3. The number of esters is 2. The van der Waals surface area contributed by atoms with E-state index in [1.807, 2.05) is 131 Å². The molecular formula is C100H163BClN9O25U. The maximum Gasteiger partial charge on any atom is 0.408 e. The summed E-state index contributed by atoms with van der Waals surface area (Å²) in [6, 6.07) is 24.9. The van der Waals surface area contributed by atoms with Crippen molar-refractivity contribution in [2.45, 2.75) is 343 Å². The summed E-state index contributed by atoms with van der Waals surface area (Å²) in [6.45, 7) is 24.7. The summed E-state index contributed by atoms with van der Waals surface area (Å²) in [5.74, 6) is -7.40. The number of Topliss-reactive ketones (excluding diaryl/α,β-unsaturated/α-hetero) is 3. The molecule has 0 saturated carbocycles. The molecule has 5 aliphatic heterocycles. The van der Waals surface area contributed by atoms with Crippen LogP contribution in [0, 0.1) is 72.5 Å². The number of allylic oxidation sites excluding steroid dienone is 2. The van der Waals surface area contributed by atoms with Crippen LogP contribution in [0.2, 0.25) is 0 Å². The maximum atomic E-state index is 13.0. The summed E-state index contributed by atoms with van der Waals surface area (Å²) < 4.78 is 31.2. The molecule has 0 aliphatic carbocycles. The number of halogens is 1. The molecule has 3 aromatic carbocycles. The Labute approximate surface area is 845 Å². The van der Waals surface area contributed by atoms with E-state index in [0.29, 0.717) is 58.4 Å². The predicted octanol–water partition coefficient (Wildman–Crippen LogP) is 11.2. The molecule has 5 heterocycles. The van der Waals surface area contributed by atoms with Crippen molar-refractivity contribution in [2.75, 3.05) is 39.8 Å². The van der Waals surface area contributed by atoms with Crippen LogP contribution in [-0.2, 0) is 96.2 Å². The number of nitrogens with one attached hydrogen (secondary N) is 8. The quantitative estimate of drug-likeness (QED) is 0.0138. The zero-order valence-corrected chi connectivity index (χ0v) is 87.2. The maximum absolute atomic E-state index is 13.0. The van der Waals surface area contributed by atoms with Gasteiger partial charge in [0.2, 0.25) is 29.4 Å². The number of nitrogens with two attached hydrogens (primary N) is 1. The monoisotopic (exact) mass is 2180 g/mol. The largest absolute Gasteiger partial charge is 0.480 e. The van der Waals surface area contributed by atoms with Crippen molar-refractivity contribution in [3.63, 3.8) is 0 Å². The van der Waals surface area contributed by atoms with Crippen LogP contribution >= 0.6 is 12.4 Å². The minimum absolute atomic E-state index is 0. The van der Waals surface area contributed by atoms with Crippen LogP contribution in [0.3, 0.4) is 0 Å². The Morgan fingerprint density at radius 2 is 0.730 bits per heavy atom. The number of carbonyl (C=O) groups excluding carboxylic acids is 13. The molecule has 12 atom stereocenters. The van der Waals surface area contributed by atoms with E-state index in [2.05, 4.69) is 50.9 Å². The minimum Gasteiger partial charge on any atom is -0.480 e. The number of ketones is 3. The average molecular weight is 2180 g/mol. The van der Waals surface area contributed by atoms with Crippen LogP contribution < -0.4 is 48.3 Å². The molecule has 16 N–H and O–H groups in total. The van der Waals surface area contributed by atoms with Gasteiger partial charge in [-0.25, -0.2) is 19.2 Å². The molecule has 8 rings (SSSR count). The van der Waals surface area contributed by atoms with Crippen LogP contribution in [0.4, 0.5) is 14.4 Å². The Bertz CT molecular complexity index is 3990. The molecule has 4 unspecified atom stereocenters. The van der Waals surface area contributed by atoms with Gasteiger partial charge in [-0.1, -0.05) is 229 Å². The smallest absolute Gasteiger partial charge is 0.408 e. The minimum atomic E-state index is -1.22. The first-order valence-corrected chi connectivity index (χ1v) is 47.2. The number of aliphatic hydroxyl groups is 5. The van der Waals surface area contributed by atoms with Crippen molar-refractivity contribution in [1.29, 1.82) is 1.34 Å². The topological polar surface area (TPSA) is 529 Å². The molecule has 0 bridgehead atoms. The molecule has 37 heteroatoms. The van der Waals surface area contributed by atoms with E-state index in [4.69, 9.17) is 41.0 Å². The predicted molar refractivity (Wildman–Crippen MR) is 524 cm³/mol. The Balaban J connectivity index is -0.00000160. The van der Waals surface area contributed by atoms with E-state index < -0.39 is 125 Å². The third-order valence-electron chi connectivity index (χ3n) is 22.0. The summed E-state index contributed by atoms with van der Waals surface area (Å²) in [7, 11) is 4.75. The van der Waals surface area contributed by atoms with Gasteiger partial charge in [-0.3, -0.25) is 47.9 Å². The van der Waals surface area contributed by atoms with Crippen molar-refractivity contribution < 1.29 is 153 Å². The average Bonchev–Trinajstić information content (AvgIpc) is 0.855. The SMILES string of the molecule is C.CC(C)(C)OC(=O)C[C@H]1C/C=C\CCCNC(=O)C1O.CC(C)(C)OC(=O)C[C@H]1CCCCCCNC(=O)C1O.CC(C)[C@H](NC(=O)OCc1ccccc1)C(=O)C[C@H]1CCCCCCNC(=O)C1=O.CC(C)[C@H](NC(=O)OCc1ccccc1)C(=O)C[C@H]1CCCCCCNC(=O)C1O.CC(C)[C@H](NC(=O)OCc1ccccc1)C(=O)O.CO.Cl.N[C@H]1CCCCCCNC(=O)C1O.[3H][B].[U]. The number of rotatable bonds is 23. The van der Waals surface area contributed by atoms with Crippen LogP contribution in [0.5, 0.6) is 0 Å². The fraction of sp³-hybridized carbons (Fsp3) is 0.660. The van der Waals surface area contributed by atoms with E-state index in [0.717, 1.165) is 146 Å². The second-order valence-electron chi connectivity index (χ2n) is 36.9. The summed E-state index contributed by atoms with van der Waals surface area (Å²) in [6.07, 6.45) is 17.8. The number of carbonyl (C=O) groups is 14. The second-order valence-corrected chi connectivity index (χ2v) is 36.9. The Morgan fingerprint density at radius 3 is 1.09 bits per heavy atom. The molecule has 0 spiro atoms. The van der Waals surface area contributed by atoms with Gasteiger partial charge in [-0.2, -0.15) is 0 Å². The van der Waals surface area contributed by atoms with E-state index in [-0.39, 0.29) is 155 Å². The molecule has 4 saturated heterocycles. The van der Waals surface area contributed by atoms with Gasteiger partial charge in [0, 0.05) is 122 Å². The molecule has 3 aromatic rings. The van der Waals surface area contributed by atoms with Gasteiger partial charge in [-0.15, -0.1) is 12.4 Å². The standard InChI is InChI=1S/C23H34N2O5.C23H32N2O5.C15H27NO4.C15H25NO4.C13H17NO4.C9H18N2O2.CH4O.CH4.BH.ClH.U/c2*1-16(2)20(25-23(29)30-15-17-10-6-5-7-11-17)19(26)14-18-12-8-3-4-9-13-24-22(28)21(18)27;2*1-15(2,3)20-12(17)10-11-8-6-4-5-7-9-16-14(19)13(11)18;1-9(2)11(12(15)16)14-13(17)18-8-10-6-4-3-5-7-10;10-7-5-3-1-2-4-6-11-9(13)8(7)12;1-2;;;;/h5-7,10-11,16,18,20-21,27H,3-4,8-9,12-15H2,1-2H3,(H,24,28)(H,25,29);5-7,10-11,16,18,20H,3-4,8-9,12-15H2,1-2H3,(H,24,28)(H,25,29);11,13,18H,4-10H2,1-3H3,(H,16,19);4,6,11,13,18H,5,7-10H2,1-3H3,(H,16,19);3-7,9,11H,8H2,1-2H3,(H,14,17)(H,15,16);7-8,12H,1-6,10H2,(H,11,13);2H,1H3;1H4;2*1H;/b;;;6-4-;;;;;;;/t18-,20+,21?;18-,20+;2*11-,13?;11-;7-,8?;;;;;/m111100...../s1/i;;;;;;;;1T;;. The second kappa shape index (κ2) is 75.1. The number of hydrogen-bond acceptors (Lipinski definition) is 25. The Hall–Kier alpha value is -8.85. The van der Waals surface area contributed by atoms with Crippen molar-refractivity contribution in [1.82, 2.24) is 42.5 Å². The van der Waals surface area contributed by atoms with Crippen molar-refractivity contribution in [2.24, 2.45) is 47.2 Å². The fourth-order valence-electron chi connectivity index (χ4n) is 14.6. The normalized spacial score (nSPS) is 21.2. The van der Waals surface area contributed by atoms with Gasteiger partial charge in [-0.05, 0) is 148 Å². The van der Waals surface area contributed by atoms with Crippen molar-refractivity contribution >= 4 is 104 Å². The fourth-order valence-corrected chi connectivity index (χ4v) is 14.6. The molecule has 8 amide bonds. The van der Waals surface area contributed by atoms with Crippen LogP contribution in [0.15, 0.2) is 103 Å². The Morgan fingerprint density at radius 1 is 0.423 bits per heavy atom. The number of aliphatic hydroxyl groups excluding tert-OH is 5. The molecule has 0 aromatic heterocycles. The number of amides is 8. The molecule has 4 fully saturated rings.